The average Bonchev–Trinajstić information content (AvgIpc) is 3.35. The lowest BCUT2D eigenvalue weighted by Crippen LogP contribution is -2.13. The van der Waals surface area contributed by atoms with Crippen molar-refractivity contribution in [2.24, 2.45) is 10.1 Å². The molecule has 7 heteroatoms. The van der Waals surface area contributed by atoms with E-state index < -0.39 is 0 Å². The summed E-state index contributed by atoms with van der Waals surface area (Å²) in [6, 6.07) is 14.0. The van der Waals surface area contributed by atoms with Gasteiger partial charge in [0.15, 0.2) is 0 Å². The summed E-state index contributed by atoms with van der Waals surface area (Å²) in [5, 5.41) is 8.04. The van der Waals surface area contributed by atoms with Crippen molar-refractivity contribution in [3.63, 3.8) is 0 Å². The van der Waals surface area contributed by atoms with E-state index in [1.54, 1.807) is 14.2 Å². The Morgan fingerprint density at radius 1 is 1.19 bits per heavy atom. The number of nitrogens with zero attached hydrogens (tertiary/aromatic N) is 3. The maximum atomic E-state index is 5.64. The highest BCUT2D eigenvalue weighted by atomic mass is 32.1. The zero-order valence-corrected chi connectivity index (χ0v) is 19.5. The molecule has 0 fully saturated rings. The Labute approximate surface area is 191 Å². The van der Waals surface area contributed by atoms with Crippen LogP contribution < -0.4 is 14.3 Å². The molecule has 0 saturated heterocycles. The number of aromatic amines is 1. The molecule has 0 atom stereocenters. The fourth-order valence-electron chi connectivity index (χ4n) is 3.50. The predicted octanol–water partition coefficient (Wildman–Crippen LogP) is 5.38. The second kappa shape index (κ2) is 9.28. The molecule has 0 saturated carbocycles. The molecule has 2 aromatic heterocycles. The Bertz CT molecular complexity index is 1370. The quantitative estimate of drug-likeness (QED) is 0.306. The van der Waals surface area contributed by atoms with E-state index in [-0.39, 0.29) is 0 Å². The molecule has 0 aliphatic carbocycles. The first kappa shape index (κ1) is 21.6. The predicted molar refractivity (Wildman–Crippen MR) is 132 cm³/mol. The molecule has 6 nitrogen and oxygen atoms in total. The summed E-state index contributed by atoms with van der Waals surface area (Å²) in [6.07, 6.45) is 1.89. The van der Waals surface area contributed by atoms with E-state index in [0.29, 0.717) is 12.3 Å². The average molecular weight is 447 g/mol. The molecule has 0 aliphatic rings. The fourth-order valence-corrected chi connectivity index (χ4v) is 4.33. The van der Waals surface area contributed by atoms with Gasteiger partial charge in [0, 0.05) is 39.2 Å². The lowest BCUT2D eigenvalue weighted by atomic mass is 10.1. The summed E-state index contributed by atoms with van der Waals surface area (Å²) < 4.78 is 12.9. The molecule has 0 aliphatic heterocycles. The molecule has 0 unspecified atom stereocenters. The number of para-hydroxylation sites is 1. The highest BCUT2D eigenvalue weighted by Crippen LogP contribution is 2.33. The van der Waals surface area contributed by atoms with Crippen molar-refractivity contribution in [2.45, 2.75) is 13.8 Å². The first-order chi connectivity index (χ1) is 15.5. The standard InChI is InChI=1S/C25H26N4O2S/c1-16(2)13-26-25-29(27-14-21-17(3)28-22-9-7-6-8-19(21)22)23(15-32-25)20-11-10-18(30-4)12-24(20)31-5/h6-12,14-15,28H,1,13H2,2-5H3/b26-25?,27-14+. The van der Waals surface area contributed by atoms with Crippen LogP contribution in [0, 0.1) is 6.92 Å². The molecular formula is C25H26N4O2S. The van der Waals surface area contributed by atoms with Crippen molar-refractivity contribution in [1.82, 2.24) is 9.66 Å². The monoisotopic (exact) mass is 446 g/mol. The van der Waals surface area contributed by atoms with E-state index in [1.165, 1.54) is 11.3 Å². The van der Waals surface area contributed by atoms with Crippen LogP contribution in [0.1, 0.15) is 18.2 Å². The summed E-state index contributed by atoms with van der Waals surface area (Å²) in [7, 11) is 3.29. The number of H-pyrrole nitrogens is 1. The zero-order valence-electron chi connectivity index (χ0n) is 18.7. The molecular weight excluding hydrogens is 420 g/mol. The maximum Gasteiger partial charge on any atom is 0.206 e. The minimum Gasteiger partial charge on any atom is -0.497 e. The van der Waals surface area contributed by atoms with Gasteiger partial charge in [-0.05, 0) is 32.0 Å². The first-order valence-corrected chi connectivity index (χ1v) is 11.1. The molecule has 0 spiro atoms. The highest BCUT2D eigenvalue weighted by Gasteiger charge is 2.14. The van der Waals surface area contributed by atoms with E-state index >= 15 is 0 Å². The molecule has 0 amide bonds. The summed E-state index contributed by atoms with van der Waals surface area (Å²) in [6.45, 7) is 8.53. The molecule has 4 aromatic rings. The Hall–Kier alpha value is -3.58. The number of rotatable bonds is 7. The zero-order chi connectivity index (χ0) is 22.7. The molecule has 0 bridgehead atoms. The molecule has 0 radical (unpaired) electrons. The highest BCUT2D eigenvalue weighted by molar-refractivity contribution is 7.07. The number of aryl methyl sites for hydroxylation is 1. The molecule has 4 rings (SSSR count). The van der Waals surface area contributed by atoms with E-state index in [2.05, 4.69) is 30.6 Å². The van der Waals surface area contributed by atoms with E-state index in [4.69, 9.17) is 19.6 Å². The van der Waals surface area contributed by atoms with Crippen LogP contribution in [0.2, 0.25) is 0 Å². The van der Waals surface area contributed by atoms with Crippen LogP contribution >= 0.6 is 11.3 Å². The SMILES string of the molecule is C=C(C)CN=c1scc(-c2ccc(OC)cc2OC)n1/N=C/c1c(C)[nH]c2ccccc12. The minimum absolute atomic E-state index is 0.543. The third-order valence-electron chi connectivity index (χ3n) is 5.10. The smallest absolute Gasteiger partial charge is 0.206 e. The van der Waals surface area contributed by atoms with Crippen LogP contribution in [0.5, 0.6) is 11.5 Å². The number of aromatic nitrogens is 2. The third-order valence-corrected chi connectivity index (χ3v) is 5.95. The second-order valence-corrected chi connectivity index (χ2v) is 8.35. The Kier molecular flexibility index (Phi) is 6.28. The number of benzene rings is 2. The largest absolute Gasteiger partial charge is 0.497 e. The molecule has 1 N–H and O–H groups in total. The van der Waals surface area contributed by atoms with Crippen molar-refractivity contribution in [2.75, 3.05) is 20.8 Å². The number of thiazole rings is 1. The fraction of sp³-hybridized carbons (Fsp3) is 0.200. The van der Waals surface area contributed by atoms with Crippen LogP contribution in [-0.4, -0.2) is 36.6 Å². The third kappa shape index (κ3) is 4.24. The molecule has 2 heterocycles. The number of methoxy groups -OCH3 is 2. The van der Waals surface area contributed by atoms with Crippen molar-refractivity contribution in [3.05, 3.63) is 76.1 Å². The first-order valence-electron chi connectivity index (χ1n) is 10.2. The van der Waals surface area contributed by atoms with E-state index in [9.17, 15) is 0 Å². The second-order valence-electron chi connectivity index (χ2n) is 7.51. The summed E-state index contributed by atoms with van der Waals surface area (Å²) in [5.74, 6) is 1.44. The molecule has 2 aromatic carbocycles. The summed E-state index contributed by atoms with van der Waals surface area (Å²) >= 11 is 1.53. The Morgan fingerprint density at radius 2 is 2.00 bits per heavy atom. The normalized spacial score (nSPS) is 12.1. The van der Waals surface area contributed by atoms with Crippen LogP contribution in [0.25, 0.3) is 22.2 Å². The summed E-state index contributed by atoms with van der Waals surface area (Å²) in [5.41, 5.74) is 6.00. The van der Waals surface area contributed by atoms with Gasteiger partial charge in [0.2, 0.25) is 4.80 Å². The van der Waals surface area contributed by atoms with Gasteiger partial charge in [-0.25, -0.2) is 4.68 Å². The van der Waals surface area contributed by atoms with Gasteiger partial charge in [-0.2, -0.15) is 5.10 Å². The van der Waals surface area contributed by atoms with Gasteiger partial charge >= 0.3 is 0 Å². The Morgan fingerprint density at radius 3 is 2.75 bits per heavy atom. The lowest BCUT2D eigenvalue weighted by Gasteiger charge is -2.11. The minimum atomic E-state index is 0.543. The number of nitrogens with one attached hydrogen (secondary N) is 1. The topological polar surface area (TPSA) is 63.9 Å². The molecule has 32 heavy (non-hydrogen) atoms. The van der Waals surface area contributed by atoms with Crippen molar-refractivity contribution in [1.29, 1.82) is 0 Å². The van der Waals surface area contributed by atoms with E-state index in [0.717, 1.165) is 49.5 Å². The number of hydrogen-bond acceptors (Lipinski definition) is 5. The number of hydrogen-bond donors (Lipinski definition) is 1. The van der Waals surface area contributed by atoms with Crippen LogP contribution in [0.3, 0.4) is 0 Å². The van der Waals surface area contributed by atoms with Gasteiger partial charge in [0.25, 0.3) is 0 Å². The molecule has 164 valence electrons. The maximum absolute atomic E-state index is 5.64. The van der Waals surface area contributed by atoms with Crippen molar-refractivity contribution in [3.8, 4) is 22.8 Å². The summed E-state index contributed by atoms with van der Waals surface area (Å²) in [4.78, 5) is 8.93. The van der Waals surface area contributed by atoms with Gasteiger partial charge < -0.3 is 14.5 Å². The van der Waals surface area contributed by atoms with Crippen molar-refractivity contribution >= 4 is 28.5 Å². The lowest BCUT2D eigenvalue weighted by molar-refractivity contribution is 0.395. The van der Waals surface area contributed by atoms with E-state index in [1.807, 2.05) is 53.5 Å². The number of ether oxygens (including phenoxy) is 2. The van der Waals surface area contributed by atoms with Crippen LogP contribution in [0.15, 0.2) is 70.1 Å². The van der Waals surface area contributed by atoms with Crippen molar-refractivity contribution < 1.29 is 9.47 Å². The van der Waals surface area contributed by atoms with Gasteiger partial charge in [-0.1, -0.05) is 30.4 Å². The van der Waals surface area contributed by atoms with Crippen LogP contribution in [-0.2, 0) is 0 Å². The Balaban J connectivity index is 1.87. The van der Waals surface area contributed by atoms with Gasteiger partial charge in [0.1, 0.15) is 11.5 Å². The van der Waals surface area contributed by atoms with Gasteiger partial charge in [-0.15, -0.1) is 11.3 Å². The van der Waals surface area contributed by atoms with Gasteiger partial charge in [-0.3, -0.25) is 4.99 Å². The van der Waals surface area contributed by atoms with Gasteiger partial charge in [0.05, 0.1) is 32.7 Å². The van der Waals surface area contributed by atoms with Crippen LogP contribution in [0.4, 0.5) is 0 Å². The number of fused-ring (bicyclic) bond motifs is 1.